The first-order valence-corrected chi connectivity index (χ1v) is 6.93. The summed E-state index contributed by atoms with van der Waals surface area (Å²) < 4.78 is 5.68. The van der Waals surface area contributed by atoms with Crippen molar-refractivity contribution in [2.24, 2.45) is 0 Å². The maximum atomic E-state index is 11.8. The summed E-state index contributed by atoms with van der Waals surface area (Å²) in [7, 11) is 0. The van der Waals surface area contributed by atoms with E-state index in [-0.39, 0.29) is 5.91 Å². The molecule has 0 spiro atoms. The highest BCUT2D eigenvalue weighted by atomic mass is 16.5. The monoisotopic (exact) mass is 262 g/mol. The second kappa shape index (κ2) is 6.57. The topological polar surface area (TPSA) is 64.3 Å². The number of anilines is 2. The molecule has 19 heavy (non-hydrogen) atoms. The Morgan fingerprint density at radius 3 is 2.84 bits per heavy atom. The van der Waals surface area contributed by atoms with Crippen LogP contribution >= 0.6 is 0 Å². The number of hydrogen-bond donors (Lipinski definition) is 2. The van der Waals surface area contributed by atoms with E-state index in [4.69, 9.17) is 10.5 Å². The van der Waals surface area contributed by atoms with E-state index in [2.05, 4.69) is 5.32 Å². The third-order valence-corrected chi connectivity index (χ3v) is 3.51. The molecule has 2 rings (SSSR count). The number of ether oxygens (including phenoxy) is 1. The molecule has 0 aliphatic heterocycles. The fraction of sp³-hybridized carbons (Fsp3) is 0.533. The lowest BCUT2D eigenvalue weighted by atomic mass is 10.2. The molecule has 0 radical (unpaired) electrons. The quantitative estimate of drug-likeness (QED) is 0.802. The molecule has 1 fully saturated rings. The number of rotatable bonds is 5. The number of nitrogens with one attached hydrogen (secondary N) is 1. The van der Waals surface area contributed by atoms with Gasteiger partial charge in [0.2, 0.25) is 5.91 Å². The van der Waals surface area contributed by atoms with Crippen LogP contribution in [0.4, 0.5) is 11.4 Å². The van der Waals surface area contributed by atoms with Crippen LogP contribution in [-0.4, -0.2) is 18.6 Å². The Kier molecular flexibility index (Phi) is 4.80. The summed E-state index contributed by atoms with van der Waals surface area (Å²) in [5, 5.41) is 2.89. The van der Waals surface area contributed by atoms with Crippen LogP contribution in [0.25, 0.3) is 0 Å². The van der Waals surface area contributed by atoms with Crippen molar-refractivity contribution < 1.29 is 9.53 Å². The highest BCUT2D eigenvalue weighted by Gasteiger charge is 2.15. The van der Waals surface area contributed by atoms with E-state index in [9.17, 15) is 4.79 Å². The Labute approximate surface area is 114 Å². The lowest BCUT2D eigenvalue weighted by Crippen LogP contribution is -2.17. The summed E-state index contributed by atoms with van der Waals surface area (Å²) in [4.78, 5) is 11.8. The smallest absolute Gasteiger partial charge is 0.226 e. The van der Waals surface area contributed by atoms with Gasteiger partial charge in [0.1, 0.15) is 0 Å². The molecule has 4 nitrogen and oxygen atoms in total. The van der Waals surface area contributed by atoms with Crippen molar-refractivity contribution in [3.05, 3.63) is 23.8 Å². The zero-order chi connectivity index (χ0) is 13.7. The van der Waals surface area contributed by atoms with Gasteiger partial charge in [-0.05, 0) is 43.5 Å². The fourth-order valence-electron chi connectivity index (χ4n) is 2.41. The van der Waals surface area contributed by atoms with E-state index < -0.39 is 0 Å². The van der Waals surface area contributed by atoms with Crippen LogP contribution < -0.4 is 11.1 Å². The van der Waals surface area contributed by atoms with Crippen molar-refractivity contribution in [3.8, 4) is 0 Å². The number of amides is 1. The van der Waals surface area contributed by atoms with Gasteiger partial charge < -0.3 is 15.8 Å². The molecule has 4 heteroatoms. The average Bonchev–Trinajstić information content (AvgIpc) is 2.86. The summed E-state index contributed by atoms with van der Waals surface area (Å²) in [5.41, 5.74) is 8.18. The van der Waals surface area contributed by atoms with Crippen LogP contribution in [-0.2, 0) is 9.53 Å². The standard InChI is InChI=1S/C15H22N2O2/c1-11-10-12(16)6-7-14(11)17-15(18)8-9-19-13-4-2-3-5-13/h6-7,10,13H,2-5,8-9,16H2,1H3,(H,17,18). The molecule has 1 aromatic rings. The van der Waals surface area contributed by atoms with Gasteiger partial charge in [0, 0.05) is 11.4 Å². The maximum Gasteiger partial charge on any atom is 0.226 e. The Balaban J connectivity index is 1.74. The SMILES string of the molecule is Cc1cc(N)ccc1NC(=O)CCOC1CCCC1. The Morgan fingerprint density at radius 2 is 2.16 bits per heavy atom. The second-order valence-corrected chi connectivity index (χ2v) is 5.15. The van der Waals surface area contributed by atoms with E-state index in [1.54, 1.807) is 6.07 Å². The van der Waals surface area contributed by atoms with Crippen molar-refractivity contribution in [2.75, 3.05) is 17.7 Å². The molecular weight excluding hydrogens is 240 g/mol. The third-order valence-electron chi connectivity index (χ3n) is 3.51. The molecule has 1 amide bonds. The largest absolute Gasteiger partial charge is 0.399 e. The molecule has 1 aliphatic carbocycles. The molecule has 0 atom stereocenters. The number of benzene rings is 1. The second-order valence-electron chi connectivity index (χ2n) is 5.15. The highest BCUT2D eigenvalue weighted by molar-refractivity contribution is 5.91. The van der Waals surface area contributed by atoms with Crippen LogP contribution in [0.5, 0.6) is 0 Å². The number of nitrogens with two attached hydrogens (primary N) is 1. The average molecular weight is 262 g/mol. The van der Waals surface area contributed by atoms with Crippen LogP contribution in [0.1, 0.15) is 37.7 Å². The maximum absolute atomic E-state index is 11.8. The minimum atomic E-state index is -0.00846. The number of nitrogen functional groups attached to an aromatic ring is 1. The third kappa shape index (κ3) is 4.24. The zero-order valence-electron chi connectivity index (χ0n) is 11.4. The molecule has 0 unspecified atom stereocenters. The lowest BCUT2D eigenvalue weighted by Gasteiger charge is -2.12. The first-order chi connectivity index (χ1) is 9.15. The highest BCUT2D eigenvalue weighted by Crippen LogP contribution is 2.21. The minimum Gasteiger partial charge on any atom is -0.399 e. The summed E-state index contributed by atoms with van der Waals surface area (Å²) in [6.07, 6.45) is 5.55. The van der Waals surface area contributed by atoms with Crippen molar-refractivity contribution in [1.82, 2.24) is 0 Å². The molecule has 1 aliphatic rings. The lowest BCUT2D eigenvalue weighted by molar-refractivity contribution is -0.117. The number of carbonyl (C=O) groups excluding carboxylic acids is 1. The Morgan fingerprint density at radius 1 is 1.42 bits per heavy atom. The summed E-state index contributed by atoms with van der Waals surface area (Å²) >= 11 is 0. The molecule has 1 saturated carbocycles. The fourth-order valence-corrected chi connectivity index (χ4v) is 2.41. The van der Waals surface area contributed by atoms with E-state index in [1.807, 2.05) is 19.1 Å². The number of carbonyl (C=O) groups is 1. The molecule has 0 aromatic heterocycles. The van der Waals surface area contributed by atoms with Crippen molar-refractivity contribution >= 4 is 17.3 Å². The summed E-state index contributed by atoms with van der Waals surface area (Å²) in [5.74, 6) is -0.00846. The summed E-state index contributed by atoms with van der Waals surface area (Å²) in [6.45, 7) is 2.44. The summed E-state index contributed by atoms with van der Waals surface area (Å²) in [6, 6.07) is 5.47. The van der Waals surface area contributed by atoms with Crippen LogP contribution in [0.2, 0.25) is 0 Å². The Bertz CT molecular complexity index is 440. The van der Waals surface area contributed by atoms with Gasteiger partial charge >= 0.3 is 0 Å². The molecular formula is C15H22N2O2. The molecule has 0 heterocycles. The number of hydrogen-bond acceptors (Lipinski definition) is 3. The molecule has 104 valence electrons. The van der Waals surface area contributed by atoms with Crippen molar-refractivity contribution in [3.63, 3.8) is 0 Å². The molecule has 0 bridgehead atoms. The normalized spacial score (nSPS) is 15.6. The molecule has 3 N–H and O–H groups in total. The zero-order valence-corrected chi connectivity index (χ0v) is 11.4. The minimum absolute atomic E-state index is 0.00846. The predicted molar refractivity (Wildman–Crippen MR) is 77.0 cm³/mol. The molecule has 0 saturated heterocycles. The van der Waals surface area contributed by atoms with Crippen molar-refractivity contribution in [1.29, 1.82) is 0 Å². The first kappa shape index (κ1) is 13.9. The molecule has 1 aromatic carbocycles. The van der Waals surface area contributed by atoms with Gasteiger partial charge in [-0.1, -0.05) is 12.8 Å². The van der Waals surface area contributed by atoms with Crippen LogP contribution in [0.3, 0.4) is 0 Å². The Hall–Kier alpha value is -1.55. The first-order valence-electron chi connectivity index (χ1n) is 6.93. The van der Waals surface area contributed by atoms with Crippen LogP contribution in [0, 0.1) is 6.92 Å². The van der Waals surface area contributed by atoms with E-state index in [0.29, 0.717) is 24.8 Å². The van der Waals surface area contributed by atoms with E-state index in [0.717, 1.165) is 24.1 Å². The number of aryl methyl sites for hydroxylation is 1. The van der Waals surface area contributed by atoms with Gasteiger partial charge in [-0.3, -0.25) is 4.79 Å². The van der Waals surface area contributed by atoms with Gasteiger partial charge in [-0.15, -0.1) is 0 Å². The van der Waals surface area contributed by atoms with Crippen molar-refractivity contribution in [2.45, 2.75) is 45.1 Å². The van der Waals surface area contributed by atoms with E-state index in [1.165, 1.54) is 12.8 Å². The predicted octanol–water partition coefficient (Wildman–Crippen LogP) is 2.87. The van der Waals surface area contributed by atoms with Gasteiger partial charge in [0.25, 0.3) is 0 Å². The van der Waals surface area contributed by atoms with E-state index >= 15 is 0 Å². The van der Waals surface area contributed by atoms with Gasteiger partial charge in [0.05, 0.1) is 19.1 Å². The van der Waals surface area contributed by atoms with Gasteiger partial charge in [-0.25, -0.2) is 0 Å². The van der Waals surface area contributed by atoms with Crippen LogP contribution in [0.15, 0.2) is 18.2 Å². The van der Waals surface area contributed by atoms with Gasteiger partial charge in [-0.2, -0.15) is 0 Å². The van der Waals surface area contributed by atoms with Gasteiger partial charge in [0.15, 0.2) is 0 Å².